The van der Waals surface area contributed by atoms with Crippen LogP contribution in [-0.2, 0) is 15.1 Å². The number of nitrogens with one attached hydrogen (secondary N) is 1. The fourth-order valence-corrected chi connectivity index (χ4v) is 5.65. The van der Waals surface area contributed by atoms with E-state index >= 15 is 0 Å². The molecule has 0 spiro atoms. The second-order valence-electron chi connectivity index (χ2n) is 10.3. The lowest BCUT2D eigenvalue weighted by Gasteiger charge is -2.51. The van der Waals surface area contributed by atoms with E-state index in [0.29, 0.717) is 19.6 Å². The molecule has 2 aliphatic rings. The number of likely N-dealkylation sites (N-methyl/N-ethyl adjacent to an activating group) is 2. The second-order valence-corrected chi connectivity index (χ2v) is 10.3. The van der Waals surface area contributed by atoms with E-state index in [1.54, 1.807) is 4.90 Å². The summed E-state index contributed by atoms with van der Waals surface area (Å²) in [6.07, 6.45) is 6.42. The van der Waals surface area contributed by atoms with Crippen molar-refractivity contribution in [2.24, 2.45) is 0 Å². The Morgan fingerprint density at radius 1 is 1.03 bits per heavy atom. The summed E-state index contributed by atoms with van der Waals surface area (Å²) in [7, 11) is 8.19. The standard InChI is InChI=1S/C27H38N6O2/c1-30(2)27(22-8-6-5-7-9-22)14-12-26(13-15-27,29-21-34)20-32(4)23-10-11-24(28-18-23)33-17-16-31(3)25(35)19-33/h5-11,18,21H,12-17,19-20H2,1-4H3,(H,29,34). The van der Waals surface area contributed by atoms with Crippen LogP contribution in [0.5, 0.6) is 0 Å². The summed E-state index contributed by atoms with van der Waals surface area (Å²) < 4.78 is 0. The molecule has 1 saturated heterocycles. The number of rotatable bonds is 8. The first-order chi connectivity index (χ1) is 16.8. The molecule has 1 aliphatic carbocycles. The molecule has 1 saturated carbocycles. The third-order valence-electron chi connectivity index (χ3n) is 8.06. The highest BCUT2D eigenvalue weighted by Crippen LogP contribution is 2.44. The molecule has 8 nitrogen and oxygen atoms in total. The number of aromatic nitrogens is 1. The molecule has 0 unspecified atom stereocenters. The number of piperazine rings is 1. The summed E-state index contributed by atoms with van der Waals surface area (Å²) in [5, 5.41) is 3.19. The van der Waals surface area contributed by atoms with Crippen LogP contribution >= 0.6 is 0 Å². The highest BCUT2D eigenvalue weighted by Gasteiger charge is 2.45. The molecule has 2 heterocycles. The maximum absolute atomic E-state index is 12.1. The van der Waals surface area contributed by atoms with E-state index in [2.05, 4.69) is 77.6 Å². The molecule has 1 N–H and O–H groups in total. The molecule has 1 aromatic carbocycles. The molecule has 2 amide bonds. The van der Waals surface area contributed by atoms with Crippen LogP contribution in [0.1, 0.15) is 31.2 Å². The van der Waals surface area contributed by atoms with Crippen LogP contribution in [0.4, 0.5) is 11.5 Å². The van der Waals surface area contributed by atoms with Gasteiger partial charge in [0.05, 0.1) is 24.0 Å². The highest BCUT2D eigenvalue weighted by atomic mass is 16.2. The van der Waals surface area contributed by atoms with E-state index in [1.807, 2.05) is 24.2 Å². The average Bonchev–Trinajstić information content (AvgIpc) is 2.87. The van der Waals surface area contributed by atoms with Crippen molar-refractivity contribution in [2.45, 2.75) is 36.8 Å². The average molecular weight is 479 g/mol. The van der Waals surface area contributed by atoms with Gasteiger partial charge in [0.25, 0.3) is 0 Å². The predicted molar refractivity (Wildman–Crippen MR) is 140 cm³/mol. The minimum atomic E-state index is -0.298. The molecule has 0 radical (unpaired) electrons. The fraction of sp³-hybridized carbons (Fsp3) is 0.519. The summed E-state index contributed by atoms with van der Waals surface area (Å²) in [6, 6.07) is 14.7. The summed E-state index contributed by atoms with van der Waals surface area (Å²) in [6.45, 7) is 2.56. The lowest BCUT2D eigenvalue weighted by molar-refractivity contribution is -0.129. The largest absolute Gasteiger partial charge is 0.371 e. The summed E-state index contributed by atoms with van der Waals surface area (Å²) in [5.74, 6) is 0.934. The SMILES string of the molecule is CN1CCN(c2ccc(N(C)CC3(NC=O)CCC(c4ccccc4)(N(C)C)CC3)cn2)CC1=O. The number of benzene rings is 1. The van der Waals surface area contributed by atoms with Crippen molar-refractivity contribution < 1.29 is 9.59 Å². The number of carbonyl (C=O) groups excluding carboxylic acids is 2. The van der Waals surface area contributed by atoms with Crippen molar-refractivity contribution in [3.05, 3.63) is 54.2 Å². The van der Waals surface area contributed by atoms with E-state index in [1.165, 1.54) is 5.56 Å². The third kappa shape index (κ3) is 5.12. The van der Waals surface area contributed by atoms with Gasteiger partial charge in [0, 0.05) is 39.3 Å². The maximum atomic E-state index is 12.1. The molecule has 1 aliphatic heterocycles. The van der Waals surface area contributed by atoms with Crippen LogP contribution in [0.3, 0.4) is 0 Å². The Morgan fingerprint density at radius 3 is 2.31 bits per heavy atom. The summed E-state index contributed by atoms with van der Waals surface area (Å²) in [4.78, 5) is 36.6. The lowest BCUT2D eigenvalue weighted by Crippen LogP contribution is -2.58. The van der Waals surface area contributed by atoms with Crippen LogP contribution in [0.25, 0.3) is 0 Å². The van der Waals surface area contributed by atoms with Crippen LogP contribution < -0.4 is 15.1 Å². The van der Waals surface area contributed by atoms with Crippen molar-refractivity contribution >= 4 is 23.8 Å². The topological polar surface area (TPSA) is 72.0 Å². The Labute approximate surface area is 208 Å². The number of anilines is 2. The second kappa shape index (κ2) is 10.2. The minimum Gasteiger partial charge on any atom is -0.371 e. The maximum Gasteiger partial charge on any atom is 0.241 e. The molecule has 4 rings (SSSR count). The lowest BCUT2D eigenvalue weighted by atomic mass is 9.68. The monoisotopic (exact) mass is 478 g/mol. The zero-order chi connectivity index (χ0) is 25.1. The van der Waals surface area contributed by atoms with Gasteiger partial charge in [0.2, 0.25) is 12.3 Å². The molecular weight excluding hydrogens is 440 g/mol. The van der Waals surface area contributed by atoms with Gasteiger partial charge in [0.15, 0.2) is 0 Å². The molecule has 0 bridgehead atoms. The third-order valence-corrected chi connectivity index (χ3v) is 8.06. The van der Waals surface area contributed by atoms with Crippen LogP contribution in [0.15, 0.2) is 48.7 Å². The Kier molecular flexibility index (Phi) is 7.31. The van der Waals surface area contributed by atoms with E-state index in [4.69, 9.17) is 0 Å². The van der Waals surface area contributed by atoms with E-state index in [9.17, 15) is 9.59 Å². The first-order valence-electron chi connectivity index (χ1n) is 12.4. The molecule has 188 valence electrons. The van der Waals surface area contributed by atoms with Gasteiger partial charge in [-0.25, -0.2) is 4.98 Å². The molecule has 0 atom stereocenters. The van der Waals surface area contributed by atoms with Crippen molar-refractivity contribution in [3.8, 4) is 0 Å². The Morgan fingerprint density at radius 2 is 1.74 bits per heavy atom. The number of nitrogens with zero attached hydrogens (tertiary/aromatic N) is 5. The van der Waals surface area contributed by atoms with Gasteiger partial charge in [-0.15, -0.1) is 0 Å². The Hall–Kier alpha value is -3.13. The molecule has 2 fully saturated rings. The van der Waals surface area contributed by atoms with Gasteiger partial charge in [-0.1, -0.05) is 30.3 Å². The zero-order valence-electron chi connectivity index (χ0n) is 21.4. The van der Waals surface area contributed by atoms with Crippen molar-refractivity contribution in [2.75, 3.05) is 64.2 Å². The van der Waals surface area contributed by atoms with Crippen LogP contribution in [0.2, 0.25) is 0 Å². The first kappa shape index (κ1) is 25.0. The van der Waals surface area contributed by atoms with E-state index in [-0.39, 0.29) is 17.0 Å². The Balaban J connectivity index is 1.46. The normalized spacial score (nSPS) is 25.0. The van der Waals surface area contributed by atoms with Gasteiger partial charge in [0.1, 0.15) is 5.82 Å². The number of hydrogen-bond donors (Lipinski definition) is 1. The molecule has 35 heavy (non-hydrogen) atoms. The van der Waals surface area contributed by atoms with Gasteiger partial charge in [-0.3, -0.25) is 14.5 Å². The minimum absolute atomic E-state index is 0.0307. The van der Waals surface area contributed by atoms with Gasteiger partial charge in [-0.05, 0) is 57.5 Å². The number of hydrogen-bond acceptors (Lipinski definition) is 6. The molecule has 2 aromatic rings. The van der Waals surface area contributed by atoms with Gasteiger partial charge >= 0.3 is 0 Å². The predicted octanol–water partition coefficient (Wildman–Crippen LogP) is 2.31. The highest BCUT2D eigenvalue weighted by molar-refractivity contribution is 5.82. The van der Waals surface area contributed by atoms with Gasteiger partial charge in [-0.2, -0.15) is 0 Å². The van der Waals surface area contributed by atoms with Crippen LogP contribution in [-0.4, -0.2) is 87.0 Å². The summed E-state index contributed by atoms with van der Waals surface area (Å²) >= 11 is 0. The first-order valence-corrected chi connectivity index (χ1v) is 12.4. The molecule has 8 heteroatoms. The fourth-order valence-electron chi connectivity index (χ4n) is 5.65. The smallest absolute Gasteiger partial charge is 0.241 e. The molecule has 1 aromatic heterocycles. The quantitative estimate of drug-likeness (QED) is 0.587. The Bertz CT molecular complexity index is 1000. The van der Waals surface area contributed by atoms with Crippen LogP contribution in [0, 0.1) is 0 Å². The van der Waals surface area contributed by atoms with E-state index in [0.717, 1.165) is 50.1 Å². The van der Waals surface area contributed by atoms with Crippen molar-refractivity contribution in [3.63, 3.8) is 0 Å². The van der Waals surface area contributed by atoms with Crippen molar-refractivity contribution in [1.29, 1.82) is 0 Å². The van der Waals surface area contributed by atoms with Crippen molar-refractivity contribution in [1.82, 2.24) is 20.1 Å². The zero-order valence-corrected chi connectivity index (χ0v) is 21.4. The summed E-state index contributed by atoms with van der Waals surface area (Å²) in [5.41, 5.74) is 2.00. The van der Waals surface area contributed by atoms with E-state index < -0.39 is 0 Å². The number of pyridine rings is 1. The number of carbonyl (C=O) groups is 2. The number of amides is 2. The van der Waals surface area contributed by atoms with Gasteiger partial charge < -0.3 is 20.0 Å². The molecular formula is C27H38N6O2.